The van der Waals surface area contributed by atoms with E-state index in [2.05, 4.69) is 94.9 Å². The van der Waals surface area contributed by atoms with Crippen molar-refractivity contribution < 1.29 is 0 Å². The number of nitrogens with zero attached hydrogens (tertiary/aromatic N) is 4. The highest BCUT2D eigenvalue weighted by atomic mass is 14.8. The molecule has 3 aromatic heterocycles. The first-order valence-corrected chi connectivity index (χ1v) is 14.0. The summed E-state index contributed by atoms with van der Waals surface area (Å²) in [6.07, 6.45) is 3.68. The molecule has 0 unspecified atom stereocenters. The van der Waals surface area contributed by atoms with Gasteiger partial charge in [-0.2, -0.15) is 0 Å². The lowest BCUT2D eigenvalue weighted by Gasteiger charge is -2.16. The lowest BCUT2D eigenvalue weighted by Crippen LogP contribution is -1.97. The summed E-state index contributed by atoms with van der Waals surface area (Å²) in [6, 6.07) is 45.8. The molecule has 8 aromatic rings. The maximum absolute atomic E-state index is 5.27. The van der Waals surface area contributed by atoms with Crippen molar-refractivity contribution in [1.82, 2.24) is 19.9 Å². The van der Waals surface area contributed by atoms with Gasteiger partial charge in [-0.25, -0.2) is 9.97 Å². The Balaban J connectivity index is 1.43. The summed E-state index contributed by atoms with van der Waals surface area (Å²) in [5.41, 5.74) is 9.59. The molecule has 5 aromatic carbocycles. The van der Waals surface area contributed by atoms with E-state index >= 15 is 0 Å². The van der Waals surface area contributed by atoms with E-state index in [-0.39, 0.29) is 0 Å². The average molecular weight is 537 g/mol. The topological polar surface area (TPSA) is 51.6 Å². The van der Waals surface area contributed by atoms with Gasteiger partial charge in [0, 0.05) is 34.6 Å². The zero-order chi connectivity index (χ0) is 27.9. The maximum atomic E-state index is 5.27. The van der Waals surface area contributed by atoms with Crippen LogP contribution in [0.1, 0.15) is 0 Å². The monoisotopic (exact) mass is 536 g/mol. The van der Waals surface area contributed by atoms with Crippen LogP contribution in [-0.2, 0) is 0 Å². The summed E-state index contributed by atoms with van der Waals surface area (Å²) in [5.74, 6) is 0. The third-order valence-electron chi connectivity index (χ3n) is 7.81. The Bertz CT molecular complexity index is 2080. The molecule has 0 N–H and O–H groups in total. The lowest BCUT2D eigenvalue weighted by atomic mass is 9.92. The molecule has 0 atom stereocenters. The van der Waals surface area contributed by atoms with Crippen LogP contribution < -0.4 is 0 Å². The van der Waals surface area contributed by atoms with E-state index in [0.29, 0.717) is 0 Å². The second-order valence-corrected chi connectivity index (χ2v) is 10.3. The second-order valence-electron chi connectivity index (χ2n) is 10.3. The fraction of sp³-hybridized carbons (Fsp3) is 0. The van der Waals surface area contributed by atoms with E-state index in [0.717, 1.165) is 77.6 Å². The third kappa shape index (κ3) is 4.01. The van der Waals surface area contributed by atoms with E-state index in [4.69, 9.17) is 9.97 Å². The predicted molar refractivity (Wildman–Crippen MR) is 172 cm³/mol. The van der Waals surface area contributed by atoms with Crippen LogP contribution in [0.3, 0.4) is 0 Å². The molecule has 0 aliphatic heterocycles. The number of rotatable bonds is 4. The number of aromatic nitrogens is 4. The van der Waals surface area contributed by atoms with Crippen molar-refractivity contribution in [3.8, 4) is 45.0 Å². The molecule has 0 aliphatic carbocycles. The van der Waals surface area contributed by atoms with Crippen LogP contribution in [0.5, 0.6) is 0 Å². The molecule has 0 saturated heterocycles. The molecule has 0 radical (unpaired) electrons. The van der Waals surface area contributed by atoms with E-state index in [9.17, 15) is 0 Å². The normalized spacial score (nSPS) is 11.3. The van der Waals surface area contributed by atoms with Gasteiger partial charge in [0.2, 0.25) is 0 Å². The van der Waals surface area contributed by atoms with Crippen LogP contribution in [-0.4, -0.2) is 19.9 Å². The predicted octanol–water partition coefficient (Wildman–Crippen LogP) is 9.39. The van der Waals surface area contributed by atoms with Crippen molar-refractivity contribution in [1.29, 1.82) is 0 Å². The molecule has 4 heteroatoms. The van der Waals surface area contributed by atoms with Crippen molar-refractivity contribution in [2.24, 2.45) is 0 Å². The van der Waals surface area contributed by atoms with Crippen LogP contribution >= 0.6 is 0 Å². The third-order valence-corrected chi connectivity index (χ3v) is 7.81. The van der Waals surface area contributed by atoms with Gasteiger partial charge in [0.1, 0.15) is 0 Å². The minimum Gasteiger partial charge on any atom is -0.256 e. The molecule has 0 spiro atoms. The SMILES string of the molecule is c1ccc(-c2cccc3c(-c4nc5ccccc5nc4-c4cccc5c(-c6ccccn6)cccc45)cccc23)nc1. The number of benzene rings is 5. The number of pyridine rings is 2. The van der Waals surface area contributed by atoms with Gasteiger partial charge in [-0.1, -0.05) is 97.1 Å². The first-order valence-electron chi connectivity index (χ1n) is 14.0. The molecular weight excluding hydrogens is 512 g/mol. The molecule has 0 saturated carbocycles. The number of hydrogen-bond acceptors (Lipinski definition) is 4. The first-order chi connectivity index (χ1) is 20.8. The highest BCUT2D eigenvalue weighted by Crippen LogP contribution is 2.41. The molecule has 196 valence electrons. The van der Waals surface area contributed by atoms with Crippen LogP contribution in [0.4, 0.5) is 0 Å². The second kappa shape index (κ2) is 10.0. The zero-order valence-corrected chi connectivity index (χ0v) is 22.6. The Hall–Kier alpha value is -5.74. The molecule has 4 nitrogen and oxygen atoms in total. The van der Waals surface area contributed by atoms with Gasteiger partial charge in [-0.05, 0) is 57.9 Å². The summed E-state index contributed by atoms with van der Waals surface area (Å²) in [6.45, 7) is 0. The van der Waals surface area contributed by atoms with E-state index in [1.54, 1.807) is 0 Å². The summed E-state index contributed by atoms with van der Waals surface area (Å²) < 4.78 is 0. The number of para-hydroxylation sites is 2. The highest BCUT2D eigenvalue weighted by molar-refractivity contribution is 6.09. The maximum Gasteiger partial charge on any atom is 0.0979 e. The van der Waals surface area contributed by atoms with Crippen molar-refractivity contribution in [3.05, 3.63) is 146 Å². The van der Waals surface area contributed by atoms with E-state index in [1.165, 1.54) is 0 Å². The largest absolute Gasteiger partial charge is 0.256 e. The quantitative estimate of drug-likeness (QED) is 0.225. The van der Waals surface area contributed by atoms with Crippen molar-refractivity contribution in [2.45, 2.75) is 0 Å². The van der Waals surface area contributed by atoms with Gasteiger partial charge in [0.15, 0.2) is 0 Å². The Morgan fingerprint density at radius 3 is 1.10 bits per heavy atom. The van der Waals surface area contributed by atoms with Gasteiger partial charge >= 0.3 is 0 Å². The molecule has 0 fully saturated rings. The minimum atomic E-state index is 0.855. The Morgan fingerprint density at radius 1 is 0.310 bits per heavy atom. The van der Waals surface area contributed by atoms with Gasteiger partial charge in [0.05, 0.1) is 33.8 Å². The Labute approximate surface area is 243 Å². The van der Waals surface area contributed by atoms with Gasteiger partial charge in [-0.15, -0.1) is 0 Å². The highest BCUT2D eigenvalue weighted by Gasteiger charge is 2.19. The summed E-state index contributed by atoms with van der Waals surface area (Å²) >= 11 is 0. The fourth-order valence-corrected chi connectivity index (χ4v) is 5.90. The lowest BCUT2D eigenvalue weighted by molar-refractivity contribution is 1.30. The molecule has 0 bridgehead atoms. The smallest absolute Gasteiger partial charge is 0.0979 e. The van der Waals surface area contributed by atoms with Crippen molar-refractivity contribution in [3.63, 3.8) is 0 Å². The van der Waals surface area contributed by atoms with Crippen LogP contribution in [0.15, 0.2) is 146 Å². The Kier molecular flexibility index (Phi) is 5.75. The fourth-order valence-electron chi connectivity index (χ4n) is 5.90. The summed E-state index contributed by atoms with van der Waals surface area (Å²) in [5, 5.41) is 4.48. The van der Waals surface area contributed by atoms with E-state index < -0.39 is 0 Å². The summed E-state index contributed by atoms with van der Waals surface area (Å²) in [4.78, 5) is 19.8. The zero-order valence-electron chi connectivity index (χ0n) is 22.6. The molecule has 42 heavy (non-hydrogen) atoms. The number of hydrogen-bond donors (Lipinski definition) is 0. The average Bonchev–Trinajstić information content (AvgIpc) is 3.07. The standard InChI is InChI=1S/C38H24N4/c1-2-22-36-35(21-1)41-37(31-17-9-11-25-27(31)13-7-15-29(25)33-19-3-5-23-39-33)38(42-36)32-18-10-12-26-28(32)14-8-16-30(26)34-20-4-6-24-40-34/h1-24H. The van der Waals surface area contributed by atoms with Gasteiger partial charge < -0.3 is 0 Å². The molecular formula is C38H24N4. The molecule has 3 heterocycles. The van der Waals surface area contributed by atoms with Crippen LogP contribution in [0.2, 0.25) is 0 Å². The van der Waals surface area contributed by atoms with E-state index in [1.807, 2.05) is 60.9 Å². The summed E-state index contributed by atoms with van der Waals surface area (Å²) in [7, 11) is 0. The molecule has 0 aliphatic rings. The van der Waals surface area contributed by atoms with Crippen molar-refractivity contribution >= 4 is 32.6 Å². The van der Waals surface area contributed by atoms with Gasteiger partial charge in [-0.3, -0.25) is 9.97 Å². The van der Waals surface area contributed by atoms with Crippen LogP contribution in [0, 0.1) is 0 Å². The van der Waals surface area contributed by atoms with Crippen LogP contribution in [0.25, 0.3) is 77.6 Å². The molecule has 0 amide bonds. The number of fused-ring (bicyclic) bond motifs is 3. The minimum absolute atomic E-state index is 0.855. The Morgan fingerprint density at radius 2 is 0.690 bits per heavy atom. The molecule has 8 rings (SSSR count). The van der Waals surface area contributed by atoms with Gasteiger partial charge in [0.25, 0.3) is 0 Å². The first kappa shape index (κ1) is 24.1. The van der Waals surface area contributed by atoms with Crippen molar-refractivity contribution in [2.75, 3.05) is 0 Å².